The number of pyridine rings is 1. The molecule has 0 saturated carbocycles. The molecule has 0 unspecified atom stereocenters. The summed E-state index contributed by atoms with van der Waals surface area (Å²) in [5, 5.41) is 0. The van der Waals surface area contributed by atoms with E-state index < -0.39 is 5.82 Å². The smallest absolute Gasteiger partial charge is 0.193 e. The van der Waals surface area contributed by atoms with Crippen molar-refractivity contribution < 1.29 is 9.18 Å². The Hall–Kier alpha value is -1.69. The van der Waals surface area contributed by atoms with Gasteiger partial charge in [0.05, 0.1) is 6.20 Å². The molecule has 1 aromatic heterocycles. The third-order valence-corrected chi connectivity index (χ3v) is 0.987. The van der Waals surface area contributed by atoms with E-state index in [1.54, 1.807) is 0 Å². The molecule has 0 amide bonds. The Morgan fingerprint density at radius 3 is 2.91 bits per heavy atom. The summed E-state index contributed by atoms with van der Waals surface area (Å²) in [6, 6.07) is 2.65. The van der Waals surface area contributed by atoms with Crippen LogP contribution >= 0.6 is 0 Å². The van der Waals surface area contributed by atoms with Crippen molar-refractivity contribution in [3.05, 3.63) is 29.8 Å². The summed E-state index contributed by atoms with van der Waals surface area (Å²) in [6.07, 6.45) is 1.51. The van der Waals surface area contributed by atoms with Crippen molar-refractivity contribution in [1.82, 2.24) is 4.98 Å². The fourth-order valence-corrected chi connectivity index (χ4v) is 0.553. The number of nitrogens with zero attached hydrogens (tertiary/aromatic N) is 1. The Bertz CT molecular complexity index is 307. The topological polar surface area (TPSA) is 30.0 Å². The quantitative estimate of drug-likeness (QED) is 0.403. The fourth-order valence-electron chi connectivity index (χ4n) is 0.553. The summed E-state index contributed by atoms with van der Waals surface area (Å²) >= 11 is 0. The van der Waals surface area contributed by atoms with Crippen LogP contribution in [-0.2, 0) is 4.79 Å². The van der Waals surface area contributed by atoms with Crippen molar-refractivity contribution in [3.63, 3.8) is 0 Å². The largest absolute Gasteiger partial charge is 0.289 e. The van der Waals surface area contributed by atoms with Crippen LogP contribution in [0.2, 0.25) is 0 Å². The van der Waals surface area contributed by atoms with E-state index in [9.17, 15) is 9.18 Å². The molecule has 0 fully saturated rings. The van der Waals surface area contributed by atoms with Crippen molar-refractivity contribution in [2.45, 2.75) is 0 Å². The lowest BCUT2D eigenvalue weighted by Crippen LogP contribution is -1.82. The first-order valence-electron chi connectivity index (χ1n) is 2.89. The second-order valence-electron chi connectivity index (χ2n) is 1.75. The molecular formula is C8H4FNO. The van der Waals surface area contributed by atoms with Gasteiger partial charge in [0.25, 0.3) is 0 Å². The molecule has 0 atom stereocenters. The molecule has 0 bridgehead atoms. The van der Waals surface area contributed by atoms with Gasteiger partial charge < -0.3 is 0 Å². The van der Waals surface area contributed by atoms with Gasteiger partial charge in [0.2, 0.25) is 0 Å². The van der Waals surface area contributed by atoms with Crippen LogP contribution in [-0.4, -0.2) is 11.3 Å². The van der Waals surface area contributed by atoms with Gasteiger partial charge in [-0.2, -0.15) is 0 Å². The number of halogens is 1. The third-order valence-electron chi connectivity index (χ3n) is 0.987. The maximum atomic E-state index is 12.2. The van der Waals surface area contributed by atoms with E-state index in [0.717, 1.165) is 6.20 Å². The van der Waals surface area contributed by atoms with Gasteiger partial charge in [0, 0.05) is 0 Å². The Kier molecular flexibility index (Phi) is 2.34. The zero-order valence-corrected chi connectivity index (χ0v) is 5.54. The van der Waals surface area contributed by atoms with Crippen LogP contribution in [0, 0.1) is 17.7 Å². The minimum Gasteiger partial charge on any atom is -0.289 e. The maximum Gasteiger partial charge on any atom is 0.193 e. The highest BCUT2D eigenvalue weighted by atomic mass is 19.1. The molecule has 1 rings (SSSR count). The van der Waals surface area contributed by atoms with Gasteiger partial charge in [-0.15, -0.1) is 0 Å². The second kappa shape index (κ2) is 3.47. The van der Waals surface area contributed by atoms with Crippen LogP contribution in [0.5, 0.6) is 0 Å². The number of carbonyl (C=O) groups excluding carboxylic acids is 1. The first-order chi connectivity index (χ1) is 5.33. The highest BCUT2D eigenvalue weighted by molar-refractivity contribution is 5.73. The Balaban J connectivity index is 2.90. The van der Waals surface area contributed by atoms with Gasteiger partial charge in [0.1, 0.15) is 11.5 Å². The molecule has 0 spiro atoms. The lowest BCUT2D eigenvalue weighted by atomic mass is 10.3. The van der Waals surface area contributed by atoms with Crippen molar-refractivity contribution in [2.24, 2.45) is 0 Å². The zero-order chi connectivity index (χ0) is 8.10. The zero-order valence-electron chi connectivity index (χ0n) is 5.54. The summed E-state index contributed by atoms with van der Waals surface area (Å²) in [7, 11) is 0. The standard InChI is InChI=1S/C8H4FNO/c9-7-3-4-8(10-6-7)2-1-5-11/h3-6H. The third kappa shape index (κ3) is 2.18. The molecule has 2 nitrogen and oxygen atoms in total. The maximum absolute atomic E-state index is 12.2. The summed E-state index contributed by atoms with van der Waals surface area (Å²) in [4.78, 5) is 13.4. The lowest BCUT2D eigenvalue weighted by molar-refractivity contribution is -0.103. The van der Waals surface area contributed by atoms with Gasteiger partial charge in [-0.3, -0.25) is 4.79 Å². The number of aromatic nitrogens is 1. The van der Waals surface area contributed by atoms with E-state index in [-0.39, 0.29) is 0 Å². The van der Waals surface area contributed by atoms with Crippen LogP contribution in [0.15, 0.2) is 18.3 Å². The lowest BCUT2D eigenvalue weighted by Gasteiger charge is -1.86. The molecule has 0 saturated heterocycles. The van der Waals surface area contributed by atoms with E-state index >= 15 is 0 Å². The van der Waals surface area contributed by atoms with Gasteiger partial charge in [0.15, 0.2) is 6.29 Å². The molecular weight excluding hydrogens is 145 g/mol. The molecule has 0 aromatic carbocycles. The fraction of sp³-hybridized carbons (Fsp3) is 0. The molecule has 0 aliphatic heterocycles. The Morgan fingerprint density at radius 2 is 2.36 bits per heavy atom. The van der Waals surface area contributed by atoms with E-state index in [4.69, 9.17) is 0 Å². The molecule has 0 radical (unpaired) electrons. The molecule has 0 N–H and O–H groups in total. The number of rotatable bonds is 0. The molecule has 3 heteroatoms. The molecule has 0 aliphatic carbocycles. The van der Waals surface area contributed by atoms with Gasteiger partial charge in [-0.25, -0.2) is 9.37 Å². The van der Waals surface area contributed by atoms with Crippen molar-refractivity contribution in [2.75, 3.05) is 0 Å². The number of carbonyl (C=O) groups is 1. The first-order valence-corrected chi connectivity index (χ1v) is 2.89. The van der Waals surface area contributed by atoms with Crippen molar-refractivity contribution in [1.29, 1.82) is 0 Å². The molecule has 1 heterocycles. The molecule has 0 aliphatic rings. The highest BCUT2D eigenvalue weighted by Gasteiger charge is 1.88. The van der Waals surface area contributed by atoms with Crippen LogP contribution in [0.25, 0.3) is 0 Å². The summed E-state index contributed by atoms with van der Waals surface area (Å²) < 4.78 is 12.2. The molecule has 54 valence electrons. The van der Waals surface area contributed by atoms with Crippen molar-refractivity contribution >= 4 is 6.29 Å². The minimum absolute atomic E-state index is 0.388. The second-order valence-corrected chi connectivity index (χ2v) is 1.75. The monoisotopic (exact) mass is 149 g/mol. The SMILES string of the molecule is O=CC#Cc1ccc(F)cn1. The van der Waals surface area contributed by atoms with Crippen molar-refractivity contribution in [3.8, 4) is 11.8 Å². The van der Waals surface area contributed by atoms with Gasteiger partial charge in [-0.05, 0) is 24.0 Å². The average Bonchev–Trinajstić information content (AvgIpc) is 2.04. The predicted molar refractivity (Wildman–Crippen MR) is 37.1 cm³/mol. The number of aldehydes is 1. The highest BCUT2D eigenvalue weighted by Crippen LogP contribution is 1.95. The summed E-state index contributed by atoms with van der Waals surface area (Å²) in [5.74, 6) is 4.18. The number of hydrogen-bond donors (Lipinski definition) is 0. The Labute approximate surface area is 63.1 Å². The summed E-state index contributed by atoms with van der Waals surface area (Å²) in [6.45, 7) is 0. The summed E-state index contributed by atoms with van der Waals surface area (Å²) in [5.41, 5.74) is 0.388. The van der Waals surface area contributed by atoms with E-state index in [0.29, 0.717) is 12.0 Å². The van der Waals surface area contributed by atoms with Crippen LogP contribution in [0.3, 0.4) is 0 Å². The average molecular weight is 149 g/mol. The normalized spacial score (nSPS) is 8.09. The van der Waals surface area contributed by atoms with Gasteiger partial charge in [-0.1, -0.05) is 0 Å². The predicted octanol–water partition coefficient (Wildman–Crippen LogP) is 0.771. The van der Waals surface area contributed by atoms with Gasteiger partial charge >= 0.3 is 0 Å². The Morgan fingerprint density at radius 1 is 1.55 bits per heavy atom. The van der Waals surface area contributed by atoms with E-state index in [2.05, 4.69) is 16.8 Å². The van der Waals surface area contributed by atoms with Crippen LogP contribution < -0.4 is 0 Å². The number of hydrogen-bond acceptors (Lipinski definition) is 2. The molecule has 11 heavy (non-hydrogen) atoms. The van der Waals surface area contributed by atoms with E-state index in [1.165, 1.54) is 12.1 Å². The molecule has 1 aromatic rings. The van der Waals surface area contributed by atoms with Crippen LogP contribution in [0.4, 0.5) is 4.39 Å². The van der Waals surface area contributed by atoms with Crippen LogP contribution in [0.1, 0.15) is 5.69 Å². The first kappa shape index (κ1) is 7.42. The van der Waals surface area contributed by atoms with E-state index in [1.807, 2.05) is 0 Å². The minimum atomic E-state index is -0.415.